The van der Waals surface area contributed by atoms with Crippen molar-refractivity contribution in [2.75, 3.05) is 0 Å². The van der Waals surface area contributed by atoms with Crippen LogP contribution in [0.25, 0.3) is 0 Å². The molecule has 0 bridgehead atoms. The van der Waals surface area contributed by atoms with Crippen molar-refractivity contribution in [1.29, 1.82) is 0 Å². The summed E-state index contributed by atoms with van der Waals surface area (Å²) in [6.45, 7) is 2.23. The van der Waals surface area contributed by atoms with Crippen LogP contribution in [0.2, 0.25) is 5.02 Å². The van der Waals surface area contributed by atoms with Crippen LogP contribution in [0.3, 0.4) is 0 Å². The number of nitrogens with zero attached hydrogens (tertiary/aromatic N) is 1. The zero-order chi connectivity index (χ0) is 13.8. The quantitative estimate of drug-likeness (QED) is 0.905. The maximum atomic E-state index is 13.5. The Balaban J connectivity index is 2.05. The highest BCUT2D eigenvalue weighted by atomic mass is 35.5. The molecule has 0 aliphatic carbocycles. The standard InChI is InChI=1S/C13H13ClFN3O/c1-2-8-6-9(18-17-8)7-16-13(19)12-10(14)4-3-5-11(12)15/h3-6H,2,7H2,1H3,(H,16,19)(H,17,18). The summed E-state index contributed by atoms with van der Waals surface area (Å²) in [6, 6.07) is 5.98. The number of amides is 1. The van der Waals surface area contributed by atoms with Gasteiger partial charge in [-0.2, -0.15) is 5.10 Å². The molecule has 0 saturated carbocycles. The number of aromatic amines is 1. The van der Waals surface area contributed by atoms with E-state index in [-0.39, 0.29) is 17.1 Å². The van der Waals surface area contributed by atoms with Gasteiger partial charge in [0.1, 0.15) is 5.82 Å². The van der Waals surface area contributed by atoms with Crippen molar-refractivity contribution >= 4 is 17.5 Å². The Labute approximate surface area is 115 Å². The highest BCUT2D eigenvalue weighted by molar-refractivity contribution is 6.33. The van der Waals surface area contributed by atoms with Crippen molar-refractivity contribution < 1.29 is 9.18 Å². The molecular weight excluding hydrogens is 269 g/mol. The molecule has 4 nitrogen and oxygen atoms in total. The first-order chi connectivity index (χ1) is 9.11. The molecule has 0 aliphatic rings. The number of rotatable bonds is 4. The largest absolute Gasteiger partial charge is 0.346 e. The van der Waals surface area contributed by atoms with E-state index in [1.807, 2.05) is 13.0 Å². The fourth-order valence-electron chi connectivity index (χ4n) is 1.66. The first-order valence-electron chi connectivity index (χ1n) is 5.87. The van der Waals surface area contributed by atoms with Gasteiger partial charge in [-0.3, -0.25) is 9.89 Å². The van der Waals surface area contributed by atoms with Crippen molar-refractivity contribution in [3.05, 3.63) is 52.1 Å². The first-order valence-corrected chi connectivity index (χ1v) is 6.25. The van der Waals surface area contributed by atoms with Gasteiger partial charge in [0.05, 0.1) is 28.5 Å². The van der Waals surface area contributed by atoms with Crippen LogP contribution < -0.4 is 5.32 Å². The molecule has 0 fully saturated rings. The van der Waals surface area contributed by atoms with E-state index in [9.17, 15) is 9.18 Å². The predicted octanol–water partition coefficient (Wildman–Crippen LogP) is 2.69. The van der Waals surface area contributed by atoms with Crippen LogP contribution >= 0.6 is 11.6 Å². The summed E-state index contributed by atoms with van der Waals surface area (Å²) >= 11 is 5.81. The minimum Gasteiger partial charge on any atom is -0.346 e. The molecule has 0 spiro atoms. The van der Waals surface area contributed by atoms with Gasteiger partial charge in [-0.1, -0.05) is 24.6 Å². The van der Waals surface area contributed by atoms with Gasteiger partial charge in [0.2, 0.25) is 0 Å². The van der Waals surface area contributed by atoms with Crippen LogP contribution in [-0.2, 0) is 13.0 Å². The average molecular weight is 282 g/mol. The lowest BCUT2D eigenvalue weighted by Gasteiger charge is -2.06. The number of carbonyl (C=O) groups excluding carboxylic acids is 1. The summed E-state index contributed by atoms with van der Waals surface area (Å²) in [6.07, 6.45) is 0.809. The topological polar surface area (TPSA) is 57.8 Å². The minimum absolute atomic E-state index is 0.0938. The van der Waals surface area contributed by atoms with Crippen LogP contribution in [0, 0.1) is 5.82 Å². The lowest BCUT2D eigenvalue weighted by molar-refractivity contribution is 0.0946. The van der Waals surface area contributed by atoms with Crippen LogP contribution in [-0.4, -0.2) is 16.1 Å². The Hall–Kier alpha value is -1.88. The van der Waals surface area contributed by atoms with Crippen molar-refractivity contribution in [3.63, 3.8) is 0 Å². The van der Waals surface area contributed by atoms with Gasteiger partial charge in [0.15, 0.2) is 0 Å². The molecule has 0 saturated heterocycles. The highest BCUT2D eigenvalue weighted by Crippen LogP contribution is 2.18. The summed E-state index contributed by atoms with van der Waals surface area (Å²) in [7, 11) is 0. The maximum absolute atomic E-state index is 13.5. The predicted molar refractivity (Wildman–Crippen MR) is 70.5 cm³/mol. The van der Waals surface area contributed by atoms with Crippen LogP contribution in [0.5, 0.6) is 0 Å². The molecule has 1 heterocycles. The lowest BCUT2D eigenvalue weighted by Crippen LogP contribution is -2.24. The van der Waals surface area contributed by atoms with Gasteiger partial charge in [-0.05, 0) is 24.6 Å². The second-order valence-corrected chi connectivity index (χ2v) is 4.42. The summed E-state index contributed by atoms with van der Waals surface area (Å²) in [4.78, 5) is 11.9. The Morgan fingerprint density at radius 2 is 2.32 bits per heavy atom. The number of hydrogen-bond acceptors (Lipinski definition) is 2. The fraction of sp³-hybridized carbons (Fsp3) is 0.231. The summed E-state index contributed by atoms with van der Waals surface area (Å²) in [5, 5.41) is 9.54. The Morgan fingerprint density at radius 3 is 2.95 bits per heavy atom. The summed E-state index contributed by atoms with van der Waals surface area (Å²) < 4.78 is 13.5. The number of carbonyl (C=O) groups is 1. The van der Waals surface area contributed by atoms with E-state index in [4.69, 9.17) is 11.6 Å². The number of H-pyrrole nitrogens is 1. The molecule has 1 aromatic heterocycles. The van der Waals surface area contributed by atoms with Gasteiger partial charge in [-0.15, -0.1) is 0 Å². The molecule has 2 rings (SSSR count). The molecule has 2 N–H and O–H groups in total. The molecule has 19 heavy (non-hydrogen) atoms. The van der Waals surface area contributed by atoms with E-state index in [0.717, 1.165) is 17.8 Å². The third-order valence-electron chi connectivity index (χ3n) is 2.68. The number of hydrogen-bond donors (Lipinski definition) is 2. The van der Waals surface area contributed by atoms with E-state index >= 15 is 0 Å². The highest BCUT2D eigenvalue weighted by Gasteiger charge is 2.15. The molecule has 100 valence electrons. The molecule has 1 amide bonds. The Kier molecular flexibility index (Phi) is 4.16. The smallest absolute Gasteiger partial charge is 0.256 e. The third-order valence-corrected chi connectivity index (χ3v) is 2.99. The average Bonchev–Trinajstić information content (AvgIpc) is 2.84. The van der Waals surface area contributed by atoms with E-state index in [1.165, 1.54) is 18.2 Å². The van der Waals surface area contributed by atoms with E-state index in [0.29, 0.717) is 0 Å². The van der Waals surface area contributed by atoms with E-state index in [2.05, 4.69) is 15.5 Å². The van der Waals surface area contributed by atoms with Gasteiger partial charge in [-0.25, -0.2) is 4.39 Å². The van der Waals surface area contributed by atoms with Gasteiger partial charge < -0.3 is 5.32 Å². The second-order valence-electron chi connectivity index (χ2n) is 4.02. The van der Waals surface area contributed by atoms with E-state index in [1.54, 1.807) is 0 Å². The zero-order valence-electron chi connectivity index (χ0n) is 10.3. The van der Waals surface area contributed by atoms with Crippen molar-refractivity contribution in [1.82, 2.24) is 15.5 Å². The third kappa shape index (κ3) is 3.12. The number of aryl methyl sites for hydroxylation is 1. The molecule has 2 aromatic rings. The molecule has 6 heteroatoms. The normalized spacial score (nSPS) is 10.5. The number of benzene rings is 1. The van der Waals surface area contributed by atoms with Crippen molar-refractivity contribution in [3.8, 4) is 0 Å². The van der Waals surface area contributed by atoms with Gasteiger partial charge in [0, 0.05) is 0 Å². The Bertz CT molecular complexity index is 577. The molecule has 0 aliphatic heterocycles. The SMILES string of the molecule is CCc1cc(CNC(=O)c2c(F)cccc2Cl)[nH]n1. The van der Waals surface area contributed by atoms with Crippen LogP contribution in [0.1, 0.15) is 28.7 Å². The molecular formula is C13H13ClFN3O. The molecule has 0 atom stereocenters. The lowest BCUT2D eigenvalue weighted by atomic mass is 10.2. The van der Waals surface area contributed by atoms with Crippen molar-refractivity contribution in [2.24, 2.45) is 0 Å². The second kappa shape index (κ2) is 5.84. The zero-order valence-corrected chi connectivity index (χ0v) is 11.1. The molecule has 1 aromatic carbocycles. The molecule has 0 unspecified atom stereocenters. The van der Waals surface area contributed by atoms with Crippen molar-refractivity contribution in [2.45, 2.75) is 19.9 Å². The van der Waals surface area contributed by atoms with E-state index < -0.39 is 11.7 Å². The number of nitrogens with one attached hydrogen (secondary N) is 2. The van der Waals surface area contributed by atoms with Gasteiger partial charge >= 0.3 is 0 Å². The number of aromatic nitrogens is 2. The van der Waals surface area contributed by atoms with Gasteiger partial charge in [0.25, 0.3) is 5.91 Å². The first kappa shape index (κ1) is 13.5. The minimum atomic E-state index is -0.635. The molecule has 0 radical (unpaired) electrons. The summed E-state index contributed by atoms with van der Waals surface area (Å²) in [5.41, 5.74) is 1.53. The Morgan fingerprint density at radius 1 is 1.53 bits per heavy atom. The monoisotopic (exact) mass is 281 g/mol. The van der Waals surface area contributed by atoms with Crippen LogP contribution in [0.4, 0.5) is 4.39 Å². The summed E-state index contributed by atoms with van der Waals surface area (Å²) in [5.74, 6) is -1.18. The fourth-order valence-corrected chi connectivity index (χ4v) is 1.91. The maximum Gasteiger partial charge on any atom is 0.256 e. The van der Waals surface area contributed by atoms with Crippen LogP contribution in [0.15, 0.2) is 24.3 Å². The number of halogens is 2.